The van der Waals surface area contributed by atoms with E-state index in [2.05, 4.69) is 20.9 Å². The molecule has 0 radical (unpaired) electrons. The van der Waals surface area contributed by atoms with Gasteiger partial charge in [0, 0.05) is 17.9 Å². The van der Waals surface area contributed by atoms with E-state index < -0.39 is 0 Å². The fraction of sp³-hybridized carbons (Fsp3) is 0.273. The highest BCUT2D eigenvalue weighted by molar-refractivity contribution is 9.10. The molecule has 0 atom stereocenters. The van der Waals surface area contributed by atoms with Gasteiger partial charge in [0.2, 0.25) is 0 Å². The van der Waals surface area contributed by atoms with Crippen molar-refractivity contribution in [1.29, 1.82) is 0 Å². The van der Waals surface area contributed by atoms with Gasteiger partial charge in [0.1, 0.15) is 5.82 Å². The standard InChI is InChI=1S/C11H11BrN2O/c1-3-10-13-9-5-4-7(12)6-8(9)11(15)14(10)2/h4-6H,3H2,1-2H3. The minimum atomic E-state index is 0.0122. The zero-order chi connectivity index (χ0) is 11.0. The molecule has 0 aliphatic rings. The highest BCUT2D eigenvalue weighted by Gasteiger charge is 2.06. The summed E-state index contributed by atoms with van der Waals surface area (Å²) in [5.74, 6) is 0.815. The van der Waals surface area contributed by atoms with Crippen LogP contribution in [0.5, 0.6) is 0 Å². The van der Waals surface area contributed by atoms with Crippen molar-refractivity contribution < 1.29 is 0 Å². The first kappa shape index (κ1) is 10.4. The number of fused-ring (bicyclic) bond motifs is 1. The maximum atomic E-state index is 12.0. The molecule has 0 saturated carbocycles. The van der Waals surface area contributed by atoms with E-state index in [0.717, 1.165) is 22.2 Å². The second-order valence-corrected chi connectivity index (χ2v) is 4.32. The topological polar surface area (TPSA) is 34.9 Å². The third-order valence-corrected chi connectivity index (χ3v) is 2.94. The van der Waals surface area contributed by atoms with Crippen LogP contribution in [0, 0.1) is 0 Å². The number of halogens is 1. The van der Waals surface area contributed by atoms with E-state index in [9.17, 15) is 4.79 Å². The van der Waals surface area contributed by atoms with Gasteiger partial charge < -0.3 is 0 Å². The van der Waals surface area contributed by atoms with Gasteiger partial charge in [-0.05, 0) is 18.2 Å². The fourth-order valence-electron chi connectivity index (χ4n) is 1.61. The first-order chi connectivity index (χ1) is 7.13. The lowest BCUT2D eigenvalue weighted by atomic mass is 10.2. The van der Waals surface area contributed by atoms with Gasteiger partial charge in [0.15, 0.2) is 0 Å². The van der Waals surface area contributed by atoms with Gasteiger partial charge in [-0.1, -0.05) is 22.9 Å². The van der Waals surface area contributed by atoms with E-state index in [1.807, 2.05) is 25.1 Å². The Hall–Kier alpha value is -1.16. The molecule has 1 aromatic heterocycles. The molecule has 0 aliphatic heterocycles. The van der Waals surface area contributed by atoms with Crippen molar-refractivity contribution in [2.75, 3.05) is 0 Å². The first-order valence-electron chi connectivity index (χ1n) is 4.78. The molecule has 0 bridgehead atoms. The molecule has 3 nitrogen and oxygen atoms in total. The van der Waals surface area contributed by atoms with Crippen molar-refractivity contribution in [2.45, 2.75) is 13.3 Å². The molecule has 0 unspecified atom stereocenters. The molecule has 0 amide bonds. The molecule has 2 rings (SSSR count). The summed E-state index contributed by atoms with van der Waals surface area (Å²) in [6.07, 6.45) is 0.762. The largest absolute Gasteiger partial charge is 0.299 e. The molecule has 0 saturated heterocycles. The van der Waals surface area contributed by atoms with Crippen LogP contribution in [0.25, 0.3) is 10.9 Å². The van der Waals surface area contributed by atoms with E-state index in [1.165, 1.54) is 0 Å². The molecule has 0 N–H and O–H groups in total. The predicted molar refractivity (Wildman–Crippen MR) is 64.1 cm³/mol. The summed E-state index contributed by atoms with van der Waals surface area (Å²) in [4.78, 5) is 16.4. The molecule has 1 heterocycles. The molecule has 0 fully saturated rings. The Bertz CT molecular complexity index is 575. The quantitative estimate of drug-likeness (QED) is 0.794. The van der Waals surface area contributed by atoms with E-state index >= 15 is 0 Å². The predicted octanol–water partition coefficient (Wildman–Crippen LogP) is 2.26. The molecule has 15 heavy (non-hydrogen) atoms. The zero-order valence-corrected chi connectivity index (χ0v) is 10.2. The molecular weight excluding hydrogens is 256 g/mol. The fourth-order valence-corrected chi connectivity index (χ4v) is 1.97. The molecule has 2 aromatic rings. The number of benzene rings is 1. The summed E-state index contributed by atoms with van der Waals surface area (Å²) in [7, 11) is 1.76. The summed E-state index contributed by atoms with van der Waals surface area (Å²) in [5.41, 5.74) is 0.774. The second-order valence-electron chi connectivity index (χ2n) is 3.41. The van der Waals surface area contributed by atoms with Crippen LogP contribution >= 0.6 is 15.9 Å². The van der Waals surface area contributed by atoms with Crippen LogP contribution in [0.2, 0.25) is 0 Å². The van der Waals surface area contributed by atoms with Crippen molar-refractivity contribution >= 4 is 26.8 Å². The number of rotatable bonds is 1. The molecule has 78 valence electrons. The summed E-state index contributed by atoms with van der Waals surface area (Å²) in [6.45, 7) is 1.99. The SMILES string of the molecule is CCc1nc2ccc(Br)cc2c(=O)n1C. The molecule has 4 heteroatoms. The van der Waals surface area contributed by atoms with Crippen molar-refractivity contribution in [2.24, 2.45) is 7.05 Å². The van der Waals surface area contributed by atoms with E-state index in [0.29, 0.717) is 5.39 Å². The van der Waals surface area contributed by atoms with Gasteiger partial charge in [0.05, 0.1) is 10.9 Å². The molecule has 0 spiro atoms. The van der Waals surface area contributed by atoms with Crippen molar-refractivity contribution in [3.05, 3.63) is 38.9 Å². The third kappa shape index (κ3) is 1.69. The molecular formula is C11H11BrN2O. The van der Waals surface area contributed by atoms with Gasteiger partial charge in [-0.15, -0.1) is 0 Å². The Labute approximate surface area is 95.9 Å². The Kier molecular flexibility index (Phi) is 2.61. The summed E-state index contributed by atoms with van der Waals surface area (Å²) in [5, 5.41) is 0.657. The Morgan fingerprint density at radius 1 is 1.47 bits per heavy atom. The minimum absolute atomic E-state index is 0.0122. The number of nitrogens with zero attached hydrogens (tertiary/aromatic N) is 2. The number of hydrogen-bond acceptors (Lipinski definition) is 2. The summed E-state index contributed by atoms with van der Waals surface area (Å²) >= 11 is 3.35. The van der Waals surface area contributed by atoms with Crippen LogP contribution in [0.1, 0.15) is 12.7 Å². The van der Waals surface area contributed by atoms with Crippen LogP contribution in [0.15, 0.2) is 27.5 Å². The Morgan fingerprint density at radius 2 is 2.20 bits per heavy atom. The van der Waals surface area contributed by atoms with Crippen molar-refractivity contribution in [3.8, 4) is 0 Å². The average Bonchev–Trinajstić information content (AvgIpc) is 2.24. The van der Waals surface area contributed by atoms with Crippen LogP contribution in [0.4, 0.5) is 0 Å². The summed E-state index contributed by atoms with van der Waals surface area (Å²) < 4.78 is 2.51. The first-order valence-corrected chi connectivity index (χ1v) is 5.58. The van der Waals surface area contributed by atoms with Crippen LogP contribution in [-0.4, -0.2) is 9.55 Å². The highest BCUT2D eigenvalue weighted by Crippen LogP contribution is 2.15. The summed E-state index contributed by atoms with van der Waals surface area (Å²) in [6, 6.07) is 5.57. The van der Waals surface area contributed by atoms with Gasteiger partial charge in [-0.25, -0.2) is 4.98 Å². The molecule has 1 aromatic carbocycles. The van der Waals surface area contributed by atoms with Crippen LogP contribution in [-0.2, 0) is 13.5 Å². The second kappa shape index (κ2) is 3.77. The van der Waals surface area contributed by atoms with E-state index in [-0.39, 0.29) is 5.56 Å². The monoisotopic (exact) mass is 266 g/mol. The lowest BCUT2D eigenvalue weighted by Crippen LogP contribution is -2.21. The maximum Gasteiger partial charge on any atom is 0.261 e. The Morgan fingerprint density at radius 3 is 2.87 bits per heavy atom. The normalized spacial score (nSPS) is 10.9. The van der Waals surface area contributed by atoms with Crippen molar-refractivity contribution in [3.63, 3.8) is 0 Å². The lowest BCUT2D eigenvalue weighted by Gasteiger charge is -2.06. The number of hydrogen-bond donors (Lipinski definition) is 0. The van der Waals surface area contributed by atoms with Gasteiger partial charge in [0.25, 0.3) is 5.56 Å². The maximum absolute atomic E-state index is 12.0. The Balaban J connectivity index is 2.91. The van der Waals surface area contributed by atoms with Crippen molar-refractivity contribution in [1.82, 2.24) is 9.55 Å². The van der Waals surface area contributed by atoms with E-state index in [1.54, 1.807) is 11.6 Å². The number of aryl methyl sites for hydroxylation is 1. The van der Waals surface area contributed by atoms with Gasteiger partial charge in [-0.2, -0.15) is 0 Å². The van der Waals surface area contributed by atoms with Gasteiger partial charge in [-0.3, -0.25) is 9.36 Å². The number of aromatic nitrogens is 2. The average molecular weight is 267 g/mol. The van der Waals surface area contributed by atoms with E-state index in [4.69, 9.17) is 0 Å². The highest BCUT2D eigenvalue weighted by atomic mass is 79.9. The van der Waals surface area contributed by atoms with Gasteiger partial charge >= 0.3 is 0 Å². The van der Waals surface area contributed by atoms with Crippen LogP contribution < -0.4 is 5.56 Å². The van der Waals surface area contributed by atoms with Crippen LogP contribution in [0.3, 0.4) is 0 Å². The molecule has 0 aliphatic carbocycles. The third-order valence-electron chi connectivity index (χ3n) is 2.45. The minimum Gasteiger partial charge on any atom is -0.299 e. The smallest absolute Gasteiger partial charge is 0.261 e. The zero-order valence-electron chi connectivity index (χ0n) is 8.62. The lowest BCUT2D eigenvalue weighted by molar-refractivity contribution is 0.752.